The molecular formula is C21H20O10. The second-order valence-electron chi connectivity index (χ2n) is 7.30. The minimum atomic E-state index is -1.75. The third-order valence-electron chi connectivity index (χ3n) is 5.33. The Morgan fingerprint density at radius 3 is 2.19 bits per heavy atom. The maximum absolute atomic E-state index is 12.7. The van der Waals surface area contributed by atoms with Crippen LogP contribution in [0.15, 0.2) is 45.6 Å². The van der Waals surface area contributed by atoms with Crippen LogP contribution in [0.25, 0.3) is 22.3 Å². The molecule has 0 saturated carbocycles. The molecule has 0 amide bonds. The number of phenolic OH excluding ortho intramolecular Hbond substituents is 3. The summed E-state index contributed by atoms with van der Waals surface area (Å²) in [6.07, 6.45) is -7.87. The average Bonchev–Trinajstić information content (AvgIpc) is 2.73. The maximum Gasteiger partial charge on any atom is 0.197 e. The van der Waals surface area contributed by atoms with E-state index in [1.54, 1.807) is 0 Å². The van der Waals surface area contributed by atoms with Gasteiger partial charge in [0.15, 0.2) is 11.0 Å². The van der Waals surface area contributed by atoms with Crippen LogP contribution in [-0.4, -0.2) is 66.8 Å². The third-order valence-corrected chi connectivity index (χ3v) is 5.33. The van der Waals surface area contributed by atoms with Crippen LogP contribution in [0, 0.1) is 0 Å². The molecule has 10 nitrogen and oxygen atoms in total. The van der Waals surface area contributed by atoms with Crippen LogP contribution < -0.4 is 5.43 Å². The predicted octanol–water partition coefficient (Wildman–Crippen LogP) is 0.0917. The Kier molecular flexibility index (Phi) is 5.33. The first-order valence-corrected chi connectivity index (χ1v) is 9.35. The first kappa shape index (κ1) is 21.1. The number of benzene rings is 2. The van der Waals surface area contributed by atoms with Crippen molar-refractivity contribution in [2.75, 3.05) is 6.61 Å². The molecule has 1 aliphatic heterocycles. The van der Waals surface area contributed by atoms with Gasteiger partial charge in [-0.2, -0.15) is 0 Å². The maximum atomic E-state index is 12.7. The van der Waals surface area contributed by atoms with Crippen molar-refractivity contribution in [1.82, 2.24) is 0 Å². The van der Waals surface area contributed by atoms with E-state index in [9.17, 15) is 40.5 Å². The Balaban J connectivity index is 1.96. The Morgan fingerprint density at radius 2 is 1.55 bits per heavy atom. The first-order valence-electron chi connectivity index (χ1n) is 9.35. The fourth-order valence-corrected chi connectivity index (χ4v) is 3.70. The summed E-state index contributed by atoms with van der Waals surface area (Å²) in [7, 11) is 0. The Morgan fingerprint density at radius 1 is 0.871 bits per heavy atom. The van der Waals surface area contributed by atoms with Gasteiger partial charge in [0.1, 0.15) is 58.9 Å². The van der Waals surface area contributed by atoms with Crippen molar-refractivity contribution in [2.45, 2.75) is 30.5 Å². The van der Waals surface area contributed by atoms with Gasteiger partial charge in [0.2, 0.25) is 0 Å². The van der Waals surface area contributed by atoms with Gasteiger partial charge in [-0.1, -0.05) is 0 Å². The van der Waals surface area contributed by atoms with Crippen LogP contribution in [0.4, 0.5) is 0 Å². The van der Waals surface area contributed by atoms with E-state index in [1.807, 2.05) is 0 Å². The van der Waals surface area contributed by atoms with Gasteiger partial charge in [-0.15, -0.1) is 0 Å². The molecule has 2 aromatic carbocycles. The zero-order valence-corrected chi connectivity index (χ0v) is 15.9. The van der Waals surface area contributed by atoms with Crippen LogP contribution in [0.3, 0.4) is 0 Å². The van der Waals surface area contributed by atoms with Gasteiger partial charge in [-0.25, -0.2) is 0 Å². The summed E-state index contributed by atoms with van der Waals surface area (Å²) in [5, 5.41) is 70.0. The highest BCUT2D eigenvalue weighted by Gasteiger charge is 2.46. The zero-order valence-electron chi connectivity index (χ0n) is 15.9. The van der Waals surface area contributed by atoms with Gasteiger partial charge in [-0.3, -0.25) is 4.79 Å². The summed E-state index contributed by atoms with van der Waals surface area (Å²) < 4.78 is 11.3. The van der Waals surface area contributed by atoms with Crippen LogP contribution in [0.2, 0.25) is 0 Å². The van der Waals surface area contributed by atoms with E-state index >= 15 is 0 Å². The standard InChI is InChI=1S/C21H20O10/c22-7-14-17(27)18(28)19(29)21(31-14)16-11(25)5-10(24)15-12(26)6-13(30-20(15)16)8-1-3-9(23)4-2-8/h1-6,14,17-19,21-25,27-29H,7H2/t14-,17+,18-,19-,21+/m1/s1. The molecule has 1 saturated heterocycles. The second-order valence-corrected chi connectivity index (χ2v) is 7.30. The second kappa shape index (κ2) is 7.84. The van der Waals surface area contributed by atoms with Gasteiger partial charge >= 0.3 is 0 Å². The van der Waals surface area contributed by atoms with Crippen molar-refractivity contribution in [3.63, 3.8) is 0 Å². The summed E-state index contributed by atoms with van der Waals surface area (Å²) in [5.41, 5.74) is -0.813. The minimum absolute atomic E-state index is 0.0100. The monoisotopic (exact) mass is 432 g/mol. The Hall–Kier alpha value is -3.15. The minimum Gasteiger partial charge on any atom is -0.508 e. The highest BCUT2D eigenvalue weighted by atomic mass is 16.5. The fraction of sp³-hybridized carbons (Fsp3) is 0.286. The number of ether oxygens (including phenoxy) is 1. The summed E-state index contributed by atoms with van der Waals surface area (Å²) in [6.45, 7) is -0.694. The largest absolute Gasteiger partial charge is 0.508 e. The van der Waals surface area contributed by atoms with Gasteiger partial charge in [0, 0.05) is 17.7 Å². The highest BCUT2D eigenvalue weighted by molar-refractivity contribution is 5.89. The van der Waals surface area contributed by atoms with E-state index in [0.29, 0.717) is 5.56 Å². The van der Waals surface area contributed by atoms with E-state index in [4.69, 9.17) is 9.15 Å². The Bertz CT molecular complexity index is 1170. The molecule has 7 N–H and O–H groups in total. The number of fused-ring (bicyclic) bond motifs is 1. The lowest BCUT2D eigenvalue weighted by Crippen LogP contribution is -2.55. The van der Waals surface area contributed by atoms with E-state index in [2.05, 4.69) is 0 Å². The zero-order chi connectivity index (χ0) is 22.4. The molecule has 5 atom stereocenters. The number of aromatic hydroxyl groups is 3. The lowest BCUT2D eigenvalue weighted by atomic mass is 9.89. The molecule has 0 spiro atoms. The molecule has 3 aromatic rings. The molecule has 0 unspecified atom stereocenters. The van der Waals surface area contributed by atoms with Crippen LogP contribution >= 0.6 is 0 Å². The molecule has 2 heterocycles. The molecule has 1 fully saturated rings. The lowest BCUT2D eigenvalue weighted by Gasteiger charge is -2.40. The number of phenols is 3. The summed E-state index contributed by atoms with van der Waals surface area (Å²) in [6, 6.07) is 7.69. The quantitative estimate of drug-likeness (QED) is 0.300. The molecule has 164 valence electrons. The van der Waals surface area contributed by atoms with Crippen molar-refractivity contribution in [1.29, 1.82) is 0 Å². The molecule has 1 aromatic heterocycles. The molecular weight excluding hydrogens is 412 g/mol. The van der Waals surface area contributed by atoms with E-state index in [-0.39, 0.29) is 28.0 Å². The summed E-state index contributed by atoms with van der Waals surface area (Å²) in [5.74, 6) is -1.15. The smallest absolute Gasteiger partial charge is 0.197 e. The van der Waals surface area contributed by atoms with Gasteiger partial charge in [0.25, 0.3) is 0 Å². The van der Waals surface area contributed by atoms with Gasteiger partial charge < -0.3 is 44.9 Å². The normalized spacial score (nSPS) is 26.3. The summed E-state index contributed by atoms with van der Waals surface area (Å²) in [4.78, 5) is 12.7. The number of aliphatic hydroxyl groups excluding tert-OH is 4. The SMILES string of the molecule is O=c1cc(-c2ccc(O)cc2)oc2c([C@@H]3O[C@H](CO)[C@H](O)[C@@H](O)[C@H]3O)c(O)cc(O)c12. The van der Waals surface area contributed by atoms with Crippen molar-refractivity contribution < 1.29 is 44.9 Å². The molecule has 10 heteroatoms. The van der Waals surface area contributed by atoms with Crippen molar-refractivity contribution in [3.05, 3.63) is 52.2 Å². The first-order chi connectivity index (χ1) is 14.7. The predicted molar refractivity (Wildman–Crippen MR) is 106 cm³/mol. The van der Waals surface area contributed by atoms with Crippen molar-refractivity contribution in [2.24, 2.45) is 0 Å². The Labute approximate surface area is 174 Å². The van der Waals surface area contributed by atoms with Crippen LogP contribution in [0.1, 0.15) is 11.7 Å². The number of hydrogen-bond donors (Lipinski definition) is 7. The van der Waals surface area contributed by atoms with Crippen LogP contribution in [-0.2, 0) is 4.74 Å². The number of hydrogen-bond acceptors (Lipinski definition) is 10. The topological polar surface area (TPSA) is 181 Å². The summed E-state index contributed by atoms with van der Waals surface area (Å²) >= 11 is 0. The molecule has 0 bridgehead atoms. The van der Waals surface area contributed by atoms with Crippen LogP contribution in [0.5, 0.6) is 17.2 Å². The van der Waals surface area contributed by atoms with Gasteiger partial charge in [-0.05, 0) is 24.3 Å². The lowest BCUT2D eigenvalue weighted by molar-refractivity contribution is -0.231. The fourth-order valence-electron chi connectivity index (χ4n) is 3.70. The highest BCUT2D eigenvalue weighted by Crippen LogP contribution is 2.43. The number of aliphatic hydroxyl groups is 4. The average molecular weight is 432 g/mol. The molecule has 4 rings (SSSR count). The molecule has 31 heavy (non-hydrogen) atoms. The molecule has 0 aliphatic carbocycles. The van der Waals surface area contributed by atoms with E-state index in [0.717, 1.165) is 12.1 Å². The van der Waals surface area contributed by atoms with Crippen molar-refractivity contribution in [3.8, 4) is 28.6 Å². The molecule has 0 radical (unpaired) electrons. The number of rotatable bonds is 3. The third kappa shape index (κ3) is 3.50. The van der Waals surface area contributed by atoms with Crippen molar-refractivity contribution >= 4 is 11.0 Å². The van der Waals surface area contributed by atoms with E-state index in [1.165, 1.54) is 24.3 Å². The van der Waals surface area contributed by atoms with E-state index < -0.39 is 54.1 Å². The molecule has 1 aliphatic rings. The van der Waals surface area contributed by atoms with Gasteiger partial charge in [0.05, 0.1) is 12.2 Å².